The van der Waals surface area contributed by atoms with E-state index in [2.05, 4.69) is 41.5 Å². The van der Waals surface area contributed by atoms with Crippen molar-refractivity contribution in [2.75, 3.05) is 0 Å². The van der Waals surface area contributed by atoms with Gasteiger partial charge in [-0.2, -0.15) is 0 Å². The summed E-state index contributed by atoms with van der Waals surface area (Å²) in [7, 11) is 0. The molecule has 3 rings (SSSR count). The largest absolute Gasteiger partial charge is 0.388 e. The first kappa shape index (κ1) is 25.5. The highest BCUT2D eigenvalue weighted by atomic mass is 16.3. The van der Waals surface area contributed by atoms with Gasteiger partial charge in [0.05, 0.1) is 23.3 Å². The fourth-order valence-electron chi connectivity index (χ4n) is 6.94. The number of carbonyl (C=O) groups is 2. The lowest BCUT2D eigenvalue weighted by Gasteiger charge is -2.62. The zero-order chi connectivity index (χ0) is 24.2. The molecule has 0 aromatic heterocycles. The number of rotatable bonds is 6. The number of nitrogens with two attached hydrogens (primary N) is 1. The maximum Gasteiger partial charge on any atom is 0.238 e. The summed E-state index contributed by atoms with van der Waals surface area (Å²) in [6.45, 7) is 12.3. The Hall–Kier alpha value is -1.14. The van der Waals surface area contributed by atoms with E-state index in [1.807, 2.05) is 0 Å². The van der Waals surface area contributed by atoms with Crippen LogP contribution in [0.1, 0.15) is 112 Å². The number of aliphatic hydroxyl groups is 2. The van der Waals surface area contributed by atoms with Gasteiger partial charge in [-0.25, -0.2) is 0 Å². The van der Waals surface area contributed by atoms with Crippen LogP contribution in [0.2, 0.25) is 0 Å². The van der Waals surface area contributed by atoms with Crippen molar-refractivity contribution >= 4 is 11.8 Å². The van der Waals surface area contributed by atoms with Gasteiger partial charge < -0.3 is 20.8 Å². The molecule has 0 aromatic rings. The van der Waals surface area contributed by atoms with Crippen molar-refractivity contribution in [3.63, 3.8) is 0 Å². The maximum absolute atomic E-state index is 14.6. The van der Waals surface area contributed by atoms with Gasteiger partial charge in [-0.15, -0.1) is 0 Å². The highest BCUT2D eigenvalue weighted by Gasteiger charge is 2.62. The number of nitrogens with zero attached hydrogens (tertiary/aromatic N) is 1. The summed E-state index contributed by atoms with van der Waals surface area (Å²) in [5.41, 5.74) is 1.77. The third-order valence-corrected chi connectivity index (χ3v) is 8.48. The zero-order valence-electron chi connectivity index (χ0n) is 21.2. The Balaban J connectivity index is 2.22. The van der Waals surface area contributed by atoms with E-state index in [1.54, 1.807) is 4.90 Å². The van der Waals surface area contributed by atoms with Gasteiger partial charge in [0, 0.05) is 0 Å². The molecule has 0 spiro atoms. The average Bonchev–Trinajstić information content (AvgIpc) is 2.62. The molecule has 184 valence electrons. The fraction of sp³-hybridized carbons (Fsp3) is 0.923. The number of primary amides is 1. The van der Waals surface area contributed by atoms with Gasteiger partial charge in [0.25, 0.3) is 0 Å². The van der Waals surface area contributed by atoms with E-state index in [-0.39, 0.29) is 5.91 Å². The molecule has 0 heterocycles. The van der Waals surface area contributed by atoms with Crippen molar-refractivity contribution in [3.05, 3.63) is 0 Å². The van der Waals surface area contributed by atoms with E-state index in [1.165, 1.54) is 0 Å². The van der Waals surface area contributed by atoms with E-state index < -0.39 is 45.4 Å². The SMILES string of the molecule is CC(C)(C)[C@@H](N(C(=O)C1(C(N)=O)CCCCC1)[C@H](C(C)(C)C)C1(O)CCC1)C1(O)CCC1. The zero-order valence-corrected chi connectivity index (χ0v) is 21.2. The first-order chi connectivity index (χ1) is 14.6. The molecule has 0 saturated heterocycles. The molecular weight excluding hydrogens is 404 g/mol. The molecule has 2 amide bonds. The predicted molar refractivity (Wildman–Crippen MR) is 126 cm³/mol. The third-order valence-electron chi connectivity index (χ3n) is 8.48. The molecule has 3 aliphatic rings. The Kier molecular flexibility index (Phi) is 6.58. The quantitative estimate of drug-likeness (QED) is 0.534. The lowest BCUT2D eigenvalue weighted by atomic mass is 9.60. The van der Waals surface area contributed by atoms with E-state index in [9.17, 15) is 19.8 Å². The molecule has 0 aliphatic heterocycles. The van der Waals surface area contributed by atoms with E-state index in [4.69, 9.17) is 5.73 Å². The average molecular weight is 451 g/mol. The Morgan fingerprint density at radius 2 is 1.09 bits per heavy atom. The van der Waals surface area contributed by atoms with Crippen LogP contribution in [0, 0.1) is 16.2 Å². The number of hydrogen-bond acceptors (Lipinski definition) is 4. The van der Waals surface area contributed by atoms with Crippen LogP contribution >= 0.6 is 0 Å². The summed E-state index contributed by atoms with van der Waals surface area (Å²) in [4.78, 5) is 29.3. The van der Waals surface area contributed by atoms with Crippen molar-refractivity contribution < 1.29 is 19.8 Å². The van der Waals surface area contributed by atoms with Crippen molar-refractivity contribution in [3.8, 4) is 0 Å². The lowest BCUT2D eigenvalue weighted by molar-refractivity contribution is -0.212. The Labute approximate surface area is 194 Å². The minimum absolute atomic E-state index is 0.273. The number of carbonyl (C=O) groups excluding carboxylic acids is 2. The molecule has 3 fully saturated rings. The van der Waals surface area contributed by atoms with Crippen LogP contribution in [0.25, 0.3) is 0 Å². The minimum atomic E-state index is -1.26. The molecule has 32 heavy (non-hydrogen) atoms. The van der Waals surface area contributed by atoms with Gasteiger partial charge in [-0.1, -0.05) is 60.8 Å². The molecule has 2 atom stereocenters. The van der Waals surface area contributed by atoms with Crippen molar-refractivity contribution in [2.45, 2.75) is 135 Å². The summed E-state index contributed by atoms with van der Waals surface area (Å²) >= 11 is 0. The minimum Gasteiger partial charge on any atom is -0.388 e. The van der Waals surface area contributed by atoms with E-state index in [0.29, 0.717) is 38.5 Å². The lowest BCUT2D eigenvalue weighted by Crippen LogP contribution is -2.74. The Bertz CT molecular complexity index is 681. The van der Waals surface area contributed by atoms with Gasteiger partial charge in [0.15, 0.2) is 0 Å². The standard InChI is InChI=1S/C26H46N2O4/c1-22(2,3)18(25(31)14-10-15-25)28(19(23(4,5)6)26(32)16-11-17-26)21(30)24(20(27)29)12-8-7-9-13-24/h18-19,31-32H,7-17H2,1-6H3,(H2,27,29)/t18-,19-/m1/s1. The predicted octanol–water partition coefficient (Wildman–Crippen LogP) is 3.91. The van der Waals surface area contributed by atoms with Crippen molar-refractivity contribution in [1.29, 1.82) is 0 Å². The summed E-state index contributed by atoms with van der Waals surface area (Å²) < 4.78 is 0. The molecule has 0 bridgehead atoms. The molecule has 0 aromatic carbocycles. The molecule has 0 radical (unpaired) electrons. The maximum atomic E-state index is 14.6. The molecule has 3 saturated carbocycles. The van der Waals surface area contributed by atoms with Gasteiger partial charge in [0.1, 0.15) is 5.41 Å². The Morgan fingerprint density at radius 1 is 0.719 bits per heavy atom. The highest BCUT2D eigenvalue weighted by molar-refractivity contribution is 6.04. The normalized spacial score (nSPS) is 26.2. The summed E-state index contributed by atoms with van der Waals surface area (Å²) in [5, 5.41) is 23.4. The van der Waals surface area contributed by atoms with Gasteiger partial charge in [-0.3, -0.25) is 9.59 Å². The van der Waals surface area contributed by atoms with Crippen LogP contribution in [0.4, 0.5) is 0 Å². The van der Waals surface area contributed by atoms with Crippen LogP contribution in [0.15, 0.2) is 0 Å². The van der Waals surface area contributed by atoms with Crippen LogP contribution < -0.4 is 5.73 Å². The smallest absolute Gasteiger partial charge is 0.238 e. The molecule has 6 nitrogen and oxygen atoms in total. The summed E-state index contributed by atoms with van der Waals surface area (Å²) in [6.07, 6.45) is 7.78. The van der Waals surface area contributed by atoms with Crippen molar-refractivity contribution in [1.82, 2.24) is 4.90 Å². The van der Waals surface area contributed by atoms with E-state index >= 15 is 0 Å². The second-order valence-corrected chi connectivity index (χ2v) is 13.2. The monoisotopic (exact) mass is 450 g/mol. The summed E-state index contributed by atoms with van der Waals surface area (Å²) in [5.74, 6) is -0.834. The fourth-order valence-corrected chi connectivity index (χ4v) is 6.94. The molecule has 0 unspecified atom stereocenters. The highest BCUT2D eigenvalue weighted by Crippen LogP contribution is 2.53. The first-order valence-corrected chi connectivity index (χ1v) is 12.7. The van der Waals surface area contributed by atoms with Crippen LogP contribution in [-0.4, -0.2) is 50.2 Å². The molecule has 6 heteroatoms. The number of amides is 2. The third kappa shape index (κ3) is 4.22. The van der Waals surface area contributed by atoms with E-state index in [0.717, 1.165) is 32.1 Å². The Morgan fingerprint density at radius 3 is 1.34 bits per heavy atom. The van der Waals surface area contributed by atoms with Gasteiger partial charge in [0.2, 0.25) is 11.8 Å². The van der Waals surface area contributed by atoms with Gasteiger partial charge >= 0.3 is 0 Å². The van der Waals surface area contributed by atoms with Crippen LogP contribution in [0.3, 0.4) is 0 Å². The summed E-state index contributed by atoms with van der Waals surface area (Å²) in [6, 6.07) is -1.02. The molecular formula is C26H46N2O4. The van der Waals surface area contributed by atoms with Gasteiger partial charge in [-0.05, 0) is 62.2 Å². The first-order valence-electron chi connectivity index (χ1n) is 12.7. The van der Waals surface area contributed by atoms with Crippen molar-refractivity contribution in [2.24, 2.45) is 22.0 Å². The second kappa shape index (κ2) is 8.26. The van der Waals surface area contributed by atoms with Crippen LogP contribution in [0.5, 0.6) is 0 Å². The molecule has 4 N–H and O–H groups in total. The topological polar surface area (TPSA) is 104 Å². The molecule has 3 aliphatic carbocycles. The second-order valence-electron chi connectivity index (χ2n) is 13.2. The van der Waals surface area contributed by atoms with Crippen LogP contribution in [-0.2, 0) is 9.59 Å². The number of hydrogen-bond donors (Lipinski definition) is 3.